The summed E-state index contributed by atoms with van der Waals surface area (Å²) in [5, 5.41) is 6.85. The molecule has 0 aliphatic rings. The van der Waals surface area contributed by atoms with Crippen LogP contribution in [0.4, 0.5) is 0 Å². The third-order valence-electron chi connectivity index (χ3n) is 3.77. The maximum absolute atomic E-state index is 11.8. The van der Waals surface area contributed by atoms with Gasteiger partial charge in [0.2, 0.25) is 5.82 Å². The Morgan fingerprint density at radius 2 is 1.86 bits per heavy atom. The van der Waals surface area contributed by atoms with Gasteiger partial charge < -0.3 is 19.3 Å². The Labute approximate surface area is 163 Å². The van der Waals surface area contributed by atoms with Crippen LogP contribution in [0.1, 0.15) is 20.8 Å². The Morgan fingerprint density at radius 3 is 2.57 bits per heavy atom. The number of benzene rings is 2. The van der Waals surface area contributed by atoms with Crippen LogP contribution in [0.25, 0.3) is 22.8 Å². The quantitative estimate of drug-likeness (QED) is 0.640. The number of nitrogens with zero attached hydrogens (tertiary/aromatic N) is 2. The second-order valence-corrected chi connectivity index (χ2v) is 6.39. The van der Waals surface area contributed by atoms with Crippen LogP contribution in [0.3, 0.4) is 0 Å². The Hall–Kier alpha value is -3.35. The van der Waals surface area contributed by atoms with E-state index in [0.717, 1.165) is 11.3 Å². The standard InChI is InChI=1S/C21H23N3O4/c1-4-26-16-11-9-15(10-12-16)21-23-20(24-28-21)17-7-5-6-8-18(17)27-13-19(25)22-14(2)3/h5-12,14H,4,13H2,1-3H3,(H,22,25). The van der Waals surface area contributed by atoms with Gasteiger partial charge in [-0.2, -0.15) is 4.98 Å². The van der Waals surface area contributed by atoms with E-state index in [4.69, 9.17) is 14.0 Å². The summed E-state index contributed by atoms with van der Waals surface area (Å²) in [6.07, 6.45) is 0. The summed E-state index contributed by atoms with van der Waals surface area (Å²) in [5.74, 6) is 1.90. The van der Waals surface area contributed by atoms with Crippen LogP contribution in [0, 0.1) is 0 Å². The highest BCUT2D eigenvalue weighted by molar-refractivity contribution is 5.78. The summed E-state index contributed by atoms with van der Waals surface area (Å²) in [6.45, 7) is 6.25. The van der Waals surface area contributed by atoms with Crippen molar-refractivity contribution in [1.82, 2.24) is 15.5 Å². The van der Waals surface area contributed by atoms with E-state index in [9.17, 15) is 4.79 Å². The van der Waals surface area contributed by atoms with Crippen LogP contribution >= 0.6 is 0 Å². The van der Waals surface area contributed by atoms with Crippen LogP contribution in [-0.4, -0.2) is 35.3 Å². The first-order valence-corrected chi connectivity index (χ1v) is 9.15. The highest BCUT2D eigenvalue weighted by Crippen LogP contribution is 2.30. The molecule has 0 atom stereocenters. The zero-order valence-electron chi connectivity index (χ0n) is 16.1. The number of hydrogen-bond donors (Lipinski definition) is 1. The molecule has 1 amide bonds. The van der Waals surface area contributed by atoms with Crippen molar-refractivity contribution in [1.29, 1.82) is 0 Å². The molecule has 0 bridgehead atoms. The largest absolute Gasteiger partial charge is 0.494 e. The van der Waals surface area contributed by atoms with Crippen molar-refractivity contribution in [2.75, 3.05) is 13.2 Å². The van der Waals surface area contributed by atoms with E-state index in [2.05, 4.69) is 15.5 Å². The zero-order valence-corrected chi connectivity index (χ0v) is 16.1. The van der Waals surface area contributed by atoms with Gasteiger partial charge in [-0.05, 0) is 57.2 Å². The molecule has 146 valence electrons. The SMILES string of the molecule is CCOc1ccc(-c2nc(-c3ccccc3OCC(=O)NC(C)C)no2)cc1. The first-order valence-electron chi connectivity index (χ1n) is 9.15. The van der Waals surface area contributed by atoms with Crippen molar-refractivity contribution >= 4 is 5.91 Å². The lowest BCUT2D eigenvalue weighted by Crippen LogP contribution is -2.34. The average Bonchev–Trinajstić information content (AvgIpc) is 3.17. The molecule has 3 aromatic rings. The lowest BCUT2D eigenvalue weighted by molar-refractivity contribution is -0.123. The van der Waals surface area contributed by atoms with Crippen LogP contribution in [0.5, 0.6) is 11.5 Å². The van der Waals surface area contributed by atoms with Gasteiger partial charge in [0.05, 0.1) is 12.2 Å². The minimum Gasteiger partial charge on any atom is -0.494 e. The molecule has 1 aromatic heterocycles. The van der Waals surface area contributed by atoms with Gasteiger partial charge in [-0.3, -0.25) is 4.79 Å². The van der Waals surface area contributed by atoms with Gasteiger partial charge in [0.1, 0.15) is 11.5 Å². The molecule has 7 heteroatoms. The van der Waals surface area contributed by atoms with Gasteiger partial charge in [0, 0.05) is 11.6 Å². The molecule has 3 rings (SSSR count). The molecule has 1 heterocycles. The first kappa shape index (κ1) is 19.4. The van der Waals surface area contributed by atoms with Gasteiger partial charge in [-0.1, -0.05) is 17.3 Å². The monoisotopic (exact) mass is 381 g/mol. The molecule has 0 radical (unpaired) electrons. The number of hydrogen-bond acceptors (Lipinski definition) is 6. The van der Waals surface area contributed by atoms with E-state index >= 15 is 0 Å². The minimum atomic E-state index is -0.187. The normalized spacial score (nSPS) is 10.7. The molecule has 0 aliphatic carbocycles. The lowest BCUT2D eigenvalue weighted by Gasteiger charge is -2.11. The molecule has 28 heavy (non-hydrogen) atoms. The van der Waals surface area contributed by atoms with Gasteiger partial charge in [-0.15, -0.1) is 0 Å². The Kier molecular flexibility index (Phi) is 6.26. The van der Waals surface area contributed by atoms with Crippen LogP contribution in [0.15, 0.2) is 53.1 Å². The minimum absolute atomic E-state index is 0.0558. The van der Waals surface area contributed by atoms with Crippen LogP contribution < -0.4 is 14.8 Å². The molecule has 0 unspecified atom stereocenters. The van der Waals surface area contributed by atoms with E-state index in [1.54, 1.807) is 6.07 Å². The fourth-order valence-electron chi connectivity index (χ4n) is 2.59. The third-order valence-corrected chi connectivity index (χ3v) is 3.77. The summed E-state index contributed by atoms with van der Waals surface area (Å²) in [7, 11) is 0. The second-order valence-electron chi connectivity index (χ2n) is 6.39. The molecular formula is C21H23N3O4. The average molecular weight is 381 g/mol. The molecule has 0 spiro atoms. The predicted octanol–water partition coefficient (Wildman–Crippen LogP) is 3.71. The number of para-hydroxylation sites is 1. The molecule has 0 fully saturated rings. The molecule has 2 aromatic carbocycles. The van der Waals surface area contributed by atoms with Crippen LogP contribution in [0.2, 0.25) is 0 Å². The lowest BCUT2D eigenvalue weighted by atomic mass is 10.2. The zero-order chi connectivity index (χ0) is 19.9. The van der Waals surface area contributed by atoms with E-state index < -0.39 is 0 Å². The number of carbonyl (C=O) groups is 1. The highest BCUT2D eigenvalue weighted by Gasteiger charge is 2.15. The summed E-state index contributed by atoms with van der Waals surface area (Å²) in [6, 6.07) is 14.8. The first-order chi connectivity index (χ1) is 13.6. The molecular weight excluding hydrogens is 358 g/mol. The Bertz CT molecular complexity index is 919. The van der Waals surface area contributed by atoms with Crippen molar-refractivity contribution in [3.8, 4) is 34.3 Å². The van der Waals surface area contributed by atoms with Gasteiger partial charge in [-0.25, -0.2) is 0 Å². The van der Waals surface area contributed by atoms with E-state index in [1.165, 1.54) is 0 Å². The number of ether oxygens (including phenoxy) is 2. The van der Waals surface area contributed by atoms with E-state index in [-0.39, 0.29) is 18.6 Å². The highest BCUT2D eigenvalue weighted by atomic mass is 16.5. The van der Waals surface area contributed by atoms with Crippen molar-refractivity contribution in [3.63, 3.8) is 0 Å². The van der Waals surface area contributed by atoms with Crippen LogP contribution in [-0.2, 0) is 4.79 Å². The molecule has 7 nitrogen and oxygen atoms in total. The summed E-state index contributed by atoms with van der Waals surface area (Å²) in [4.78, 5) is 16.3. The number of rotatable bonds is 8. The second kappa shape index (κ2) is 9.03. The number of carbonyl (C=O) groups excluding carboxylic acids is 1. The topological polar surface area (TPSA) is 86.5 Å². The Morgan fingerprint density at radius 1 is 1.11 bits per heavy atom. The van der Waals surface area contributed by atoms with E-state index in [0.29, 0.717) is 29.6 Å². The maximum Gasteiger partial charge on any atom is 0.258 e. The number of amides is 1. The summed E-state index contributed by atoms with van der Waals surface area (Å²) < 4.78 is 16.5. The number of nitrogens with one attached hydrogen (secondary N) is 1. The van der Waals surface area contributed by atoms with Gasteiger partial charge >= 0.3 is 0 Å². The molecule has 0 saturated carbocycles. The maximum atomic E-state index is 11.8. The van der Waals surface area contributed by atoms with Crippen molar-refractivity contribution < 1.29 is 18.8 Å². The third kappa shape index (κ3) is 4.88. The molecule has 0 saturated heterocycles. The number of aromatic nitrogens is 2. The molecule has 1 N–H and O–H groups in total. The van der Waals surface area contributed by atoms with Gasteiger partial charge in [0.25, 0.3) is 11.8 Å². The predicted molar refractivity (Wildman–Crippen MR) is 105 cm³/mol. The molecule has 0 aliphatic heterocycles. The smallest absolute Gasteiger partial charge is 0.258 e. The van der Waals surface area contributed by atoms with Gasteiger partial charge in [0.15, 0.2) is 6.61 Å². The summed E-state index contributed by atoms with van der Waals surface area (Å²) in [5.41, 5.74) is 1.44. The van der Waals surface area contributed by atoms with E-state index in [1.807, 2.05) is 63.2 Å². The fourth-order valence-corrected chi connectivity index (χ4v) is 2.59. The Balaban J connectivity index is 1.77. The summed E-state index contributed by atoms with van der Waals surface area (Å²) >= 11 is 0. The fraction of sp³-hybridized carbons (Fsp3) is 0.286. The van der Waals surface area contributed by atoms with Crippen molar-refractivity contribution in [3.05, 3.63) is 48.5 Å². The van der Waals surface area contributed by atoms with Crippen molar-refractivity contribution in [2.45, 2.75) is 26.8 Å². The van der Waals surface area contributed by atoms with Crippen molar-refractivity contribution in [2.24, 2.45) is 0 Å².